The Morgan fingerprint density at radius 1 is 1.21 bits per heavy atom. The van der Waals surface area contributed by atoms with E-state index in [1.807, 2.05) is 18.2 Å². The van der Waals surface area contributed by atoms with E-state index in [4.69, 9.17) is 4.99 Å². The van der Waals surface area contributed by atoms with Gasteiger partial charge in [-0.15, -0.1) is 24.0 Å². The molecule has 3 aliphatic rings. The first kappa shape index (κ1) is 22.3. The fourth-order valence-corrected chi connectivity index (χ4v) is 4.02. The van der Waals surface area contributed by atoms with E-state index in [2.05, 4.69) is 33.8 Å². The SMILES string of the molecule is CCNC(=NCC1CC(=O)Nc2ccccc21)NCCN(CC1CC1)C1CC1.I. The summed E-state index contributed by atoms with van der Waals surface area (Å²) in [6.45, 7) is 6.81. The summed E-state index contributed by atoms with van der Waals surface area (Å²) in [6, 6.07) is 8.88. The first-order chi connectivity index (χ1) is 13.7. The molecule has 160 valence electrons. The molecule has 0 radical (unpaired) electrons. The largest absolute Gasteiger partial charge is 0.357 e. The lowest BCUT2D eigenvalue weighted by Crippen LogP contribution is -2.42. The maximum atomic E-state index is 12.0. The van der Waals surface area contributed by atoms with Gasteiger partial charge in [0.1, 0.15) is 0 Å². The fourth-order valence-electron chi connectivity index (χ4n) is 4.02. The van der Waals surface area contributed by atoms with Crippen LogP contribution in [0.5, 0.6) is 0 Å². The number of fused-ring (bicyclic) bond motifs is 1. The Balaban J connectivity index is 0.00000240. The number of carbonyl (C=O) groups excluding carboxylic acids is 1. The molecule has 0 aromatic heterocycles. The Kier molecular flexibility index (Phi) is 8.17. The molecule has 1 aromatic rings. The number of aliphatic imine (C=N–C) groups is 1. The maximum Gasteiger partial charge on any atom is 0.225 e. The first-order valence-corrected chi connectivity index (χ1v) is 10.9. The van der Waals surface area contributed by atoms with Gasteiger partial charge in [-0.25, -0.2) is 0 Å². The number of guanidine groups is 1. The molecule has 6 nitrogen and oxygen atoms in total. The normalized spacial score (nSPS) is 21.2. The Morgan fingerprint density at radius 2 is 2.00 bits per heavy atom. The van der Waals surface area contributed by atoms with E-state index in [1.54, 1.807) is 0 Å². The molecule has 2 saturated carbocycles. The highest BCUT2D eigenvalue weighted by Gasteiger charge is 2.33. The van der Waals surface area contributed by atoms with Crippen LogP contribution < -0.4 is 16.0 Å². The quantitative estimate of drug-likeness (QED) is 0.271. The van der Waals surface area contributed by atoms with Gasteiger partial charge in [0, 0.05) is 50.2 Å². The van der Waals surface area contributed by atoms with E-state index in [1.165, 1.54) is 37.8 Å². The molecule has 1 unspecified atom stereocenters. The Bertz CT molecular complexity index is 717. The summed E-state index contributed by atoms with van der Waals surface area (Å²) < 4.78 is 0. The summed E-state index contributed by atoms with van der Waals surface area (Å²) in [7, 11) is 0. The summed E-state index contributed by atoms with van der Waals surface area (Å²) in [5.74, 6) is 2.02. The zero-order valence-corrected chi connectivity index (χ0v) is 19.7. The molecule has 1 aliphatic heterocycles. The van der Waals surface area contributed by atoms with E-state index in [9.17, 15) is 4.79 Å². The lowest BCUT2D eigenvalue weighted by atomic mass is 9.91. The van der Waals surface area contributed by atoms with Gasteiger partial charge in [0.15, 0.2) is 5.96 Å². The predicted molar refractivity (Wildman–Crippen MR) is 129 cm³/mol. The van der Waals surface area contributed by atoms with Gasteiger partial charge in [-0.05, 0) is 50.2 Å². The smallest absolute Gasteiger partial charge is 0.225 e. The van der Waals surface area contributed by atoms with Gasteiger partial charge in [-0.2, -0.15) is 0 Å². The Labute approximate surface area is 191 Å². The summed E-state index contributed by atoms with van der Waals surface area (Å²) in [5, 5.41) is 9.81. The maximum absolute atomic E-state index is 12.0. The average molecular weight is 511 g/mol. The summed E-state index contributed by atoms with van der Waals surface area (Å²) in [4.78, 5) is 19.5. The number of nitrogens with one attached hydrogen (secondary N) is 3. The van der Waals surface area contributed by atoms with Crippen LogP contribution >= 0.6 is 24.0 Å². The van der Waals surface area contributed by atoms with E-state index < -0.39 is 0 Å². The zero-order valence-electron chi connectivity index (χ0n) is 17.3. The van der Waals surface area contributed by atoms with Crippen LogP contribution in [0.3, 0.4) is 0 Å². The van der Waals surface area contributed by atoms with Crippen LogP contribution in [0.4, 0.5) is 5.69 Å². The number of halogens is 1. The van der Waals surface area contributed by atoms with Gasteiger partial charge in [-0.3, -0.25) is 14.7 Å². The van der Waals surface area contributed by atoms with Crippen molar-refractivity contribution < 1.29 is 4.79 Å². The zero-order chi connectivity index (χ0) is 19.3. The number of amides is 1. The van der Waals surface area contributed by atoms with Gasteiger partial charge in [-0.1, -0.05) is 18.2 Å². The standard InChI is InChI=1S/C22H33N5O.HI/c1-2-23-22(24-11-12-27(18-9-10-18)15-16-7-8-16)25-14-17-13-21(28)26-20-6-4-3-5-19(17)20;/h3-6,16-18H,2,7-15H2,1H3,(H,26,28)(H2,23,24,25);1H. The van der Waals surface area contributed by atoms with Crippen LogP contribution in [-0.4, -0.2) is 55.5 Å². The lowest BCUT2D eigenvalue weighted by Gasteiger charge is -2.25. The number of nitrogens with zero attached hydrogens (tertiary/aromatic N) is 2. The van der Waals surface area contributed by atoms with Crippen molar-refractivity contribution in [2.45, 2.75) is 51.0 Å². The van der Waals surface area contributed by atoms with Crippen molar-refractivity contribution >= 4 is 41.5 Å². The van der Waals surface area contributed by atoms with Crippen molar-refractivity contribution in [1.82, 2.24) is 15.5 Å². The minimum atomic E-state index is 0. The minimum absolute atomic E-state index is 0. The van der Waals surface area contributed by atoms with Crippen molar-refractivity contribution in [2.24, 2.45) is 10.9 Å². The topological polar surface area (TPSA) is 68.8 Å². The van der Waals surface area contributed by atoms with Crippen LogP contribution in [0.15, 0.2) is 29.3 Å². The molecule has 7 heteroatoms. The molecule has 4 rings (SSSR count). The monoisotopic (exact) mass is 511 g/mol. The van der Waals surface area contributed by atoms with E-state index in [0.29, 0.717) is 13.0 Å². The molecular formula is C22H34IN5O. The number of hydrogen-bond donors (Lipinski definition) is 3. The van der Waals surface area contributed by atoms with Crippen LogP contribution in [-0.2, 0) is 4.79 Å². The van der Waals surface area contributed by atoms with Gasteiger partial charge >= 0.3 is 0 Å². The van der Waals surface area contributed by atoms with Gasteiger partial charge in [0.25, 0.3) is 0 Å². The second-order valence-electron chi connectivity index (χ2n) is 8.35. The molecule has 0 saturated heterocycles. The molecular weight excluding hydrogens is 477 g/mol. The number of para-hydroxylation sites is 1. The fraction of sp³-hybridized carbons (Fsp3) is 0.636. The van der Waals surface area contributed by atoms with E-state index in [-0.39, 0.29) is 35.8 Å². The second kappa shape index (κ2) is 10.6. The average Bonchev–Trinajstić information content (AvgIpc) is 3.59. The lowest BCUT2D eigenvalue weighted by molar-refractivity contribution is -0.116. The number of hydrogen-bond acceptors (Lipinski definition) is 3. The predicted octanol–water partition coefficient (Wildman–Crippen LogP) is 3.16. The third-order valence-corrected chi connectivity index (χ3v) is 5.86. The van der Waals surface area contributed by atoms with Gasteiger partial charge in [0.05, 0.1) is 6.54 Å². The van der Waals surface area contributed by atoms with Crippen LogP contribution in [0, 0.1) is 5.92 Å². The van der Waals surface area contributed by atoms with Crippen molar-refractivity contribution in [3.05, 3.63) is 29.8 Å². The number of benzene rings is 1. The highest BCUT2D eigenvalue weighted by molar-refractivity contribution is 14.0. The minimum Gasteiger partial charge on any atom is -0.357 e. The molecule has 0 bridgehead atoms. The Hall–Kier alpha value is -1.35. The Morgan fingerprint density at radius 3 is 2.72 bits per heavy atom. The number of carbonyl (C=O) groups is 1. The molecule has 2 fully saturated rings. The summed E-state index contributed by atoms with van der Waals surface area (Å²) >= 11 is 0. The van der Waals surface area contributed by atoms with Crippen molar-refractivity contribution in [3.8, 4) is 0 Å². The number of anilines is 1. The van der Waals surface area contributed by atoms with Crippen molar-refractivity contribution in [1.29, 1.82) is 0 Å². The molecule has 1 aromatic carbocycles. The summed E-state index contributed by atoms with van der Waals surface area (Å²) in [6.07, 6.45) is 6.05. The van der Waals surface area contributed by atoms with Crippen molar-refractivity contribution in [3.63, 3.8) is 0 Å². The highest BCUT2D eigenvalue weighted by Crippen LogP contribution is 2.34. The van der Waals surface area contributed by atoms with Crippen LogP contribution in [0.1, 0.15) is 50.5 Å². The first-order valence-electron chi connectivity index (χ1n) is 10.9. The second-order valence-corrected chi connectivity index (χ2v) is 8.35. The number of rotatable bonds is 9. The van der Waals surface area contributed by atoms with Crippen LogP contribution in [0.25, 0.3) is 0 Å². The summed E-state index contributed by atoms with van der Waals surface area (Å²) in [5.41, 5.74) is 2.11. The van der Waals surface area contributed by atoms with E-state index >= 15 is 0 Å². The molecule has 2 aliphatic carbocycles. The van der Waals surface area contributed by atoms with Crippen LogP contribution in [0.2, 0.25) is 0 Å². The van der Waals surface area contributed by atoms with Gasteiger partial charge in [0.2, 0.25) is 5.91 Å². The van der Waals surface area contributed by atoms with E-state index in [0.717, 1.165) is 43.2 Å². The molecule has 1 amide bonds. The third-order valence-electron chi connectivity index (χ3n) is 5.86. The molecule has 1 atom stereocenters. The molecule has 1 heterocycles. The van der Waals surface area contributed by atoms with Crippen molar-refractivity contribution in [2.75, 3.05) is 38.0 Å². The molecule has 0 spiro atoms. The van der Waals surface area contributed by atoms with Gasteiger partial charge < -0.3 is 16.0 Å². The molecule has 29 heavy (non-hydrogen) atoms. The third kappa shape index (κ3) is 6.57. The highest BCUT2D eigenvalue weighted by atomic mass is 127. The molecule has 3 N–H and O–H groups in total.